The molecule has 0 spiro atoms. The molecular weight excluding hydrogens is 432 g/mol. The van der Waals surface area contributed by atoms with E-state index in [4.69, 9.17) is 12.2 Å². The number of carboxylic acids is 1. The number of nitrogens with one attached hydrogen (secondary N) is 2. The SMILES string of the molecule is CC(CO)(CCCCNC(=S)NCCCCC(C)(C(=O)O)c1ccccc1)c1ccccc1. The van der Waals surface area contributed by atoms with Crippen LogP contribution in [0.2, 0.25) is 0 Å². The summed E-state index contributed by atoms with van der Waals surface area (Å²) in [7, 11) is 0. The van der Waals surface area contributed by atoms with E-state index in [2.05, 4.69) is 29.7 Å². The minimum absolute atomic E-state index is 0.135. The summed E-state index contributed by atoms with van der Waals surface area (Å²) in [6, 6.07) is 19.6. The van der Waals surface area contributed by atoms with Gasteiger partial charge in [-0.1, -0.05) is 80.4 Å². The minimum Gasteiger partial charge on any atom is -0.481 e. The Balaban J connectivity index is 1.61. The van der Waals surface area contributed by atoms with Gasteiger partial charge in [-0.2, -0.15) is 0 Å². The maximum absolute atomic E-state index is 11.9. The fraction of sp³-hybridized carbons (Fsp3) is 0.481. The second-order valence-electron chi connectivity index (χ2n) is 9.18. The number of thiocarbonyl (C=S) groups is 1. The van der Waals surface area contributed by atoms with Gasteiger partial charge >= 0.3 is 5.97 Å². The third kappa shape index (κ3) is 8.13. The normalized spacial score (nSPS) is 14.6. The van der Waals surface area contributed by atoms with Crippen LogP contribution < -0.4 is 10.6 Å². The van der Waals surface area contributed by atoms with Crippen LogP contribution in [-0.4, -0.2) is 41.0 Å². The van der Waals surface area contributed by atoms with Gasteiger partial charge in [0.05, 0.1) is 12.0 Å². The van der Waals surface area contributed by atoms with Crippen LogP contribution in [-0.2, 0) is 15.6 Å². The van der Waals surface area contributed by atoms with Crippen LogP contribution in [0.15, 0.2) is 60.7 Å². The van der Waals surface area contributed by atoms with Crippen molar-refractivity contribution < 1.29 is 15.0 Å². The second-order valence-corrected chi connectivity index (χ2v) is 9.59. The highest BCUT2D eigenvalue weighted by molar-refractivity contribution is 7.80. The molecule has 4 N–H and O–H groups in total. The molecule has 2 aromatic carbocycles. The first-order chi connectivity index (χ1) is 15.8. The summed E-state index contributed by atoms with van der Waals surface area (Å²) < 4.78 is 0. The third-order valence-corrected chi connectivity index (χ3v) is 6.82. The highest BCUT2D eigenvalue weighted by Crippen LogP contribution is 2.30. The van der Waals surface area contributed by atoms with Crippen molar-refractivity contribution in [1.29, 1.82) is 0 Å². The van der Waals surface area contributed by atoms with Gasteiger partial charge in [0.2, 0.25) is 0 Å². The summed E-state index contributed by atoms with van der Waals surface area (Å²) in [6.45, 7) is 5.54. The lowest BCUT2D eigenvalue weighted by Crippen LogP contribution is -2.37. The van der Waals surface area contributed by atoms with Gasteiger partial charge in [0, 0.05) is 18.5 Å². The molecule has 0 saturated heterocycles. The number of carbonyl (C=O) groups is 1. The fourth-order valence-electron chi connectivity index (χ4n) is 4.05. The van der Waals surface area contributed by atoms with Crippen LogP contribution in [0.3, 0.4) is 0 Å². The molecular formula is C27H38N2O3S. The molecule has 33 heavy (non-hydrogen) atoms. The van der Waals surface area contributed by atoms with E-state index in [9.17, 15) is 15.0 Å². The summed E-state index contributed by atoms with van der Waals surface area (Å²) >= 11 is 5.36. The van der Waals surface area contributed by atoms with Crippen molar-refractivity contribution in [2.45, 2.75) is 63.2 Å². The number of aliphatic carboxylic acids is 1. The van der Waals surface area contributed by atoms with Crippen molar-refractivity contribution in [1.82, 2.24) is 10.6 Å². The molecule has 180 valence electrons. The molecule has 2 atom stereocenters. The lowest BCUT2D eigenvalue weighted by Gasteiger charge is -2.28. The topological polar surface area (TPSA) is 81.6 Å². The summed E-state index contributed by atoms with van der Waals surface area (Å²) in [5.74, 6) is -0.789. The Labute approximate surface area is 203 Å². The maximum atomic E-state index is 11.9. The first-order valence-corrected chi connectivity index (χ1v) is 12.2. The van der Waals surface area contributed by atoms with E-state index >= 15 is 0 Å². The van der Waals surface area contributed by atoms with Crippen LogP contribution in [0, 0.1) is 0 Å². The number of aliphatic hydroxyl groups is 1. The van der Waals surface area contributed by atoms with E-state index in [1.54, 1.807) is 6.92 Å². The standard InChI is InChI=1S/C27H38N2O3S/c1-26(21-30,22-13-5-3-6-14-22)17-9-11-19-28-25(33)29-20-12-10-18-27(2,24(31)32)23-15-7-4-8-16-23/h3-8,13-16,30H,9-12,17-21H2,1-2H3,(H,31,32)(H2,28,29,33). The van der Waals surface area contributed by atoms with Crippen molar-refractivity contribution in [3.05, 3.63) is 71.8 Å². The maximum Gasteiger partial charge on any atom is 0.313 e. The Morgan fingerprint density at radius 2 is 1.30 bits per heavy atom. The number of benzene rings is 2. The highest BCUT2D eigenvalue weighted by atomic mass is 32.1. The zero-order chi connectivity index (χ0) is 24.2. The fourth-order valence-corrected chi connectivity index (χ4v) is 4.25. The molecule has 0 saturated carbocycles. The van der Waals surface area contributed by atoms with Gasteiger partial charge in [-0.05, 0) is 56.0 Å². The predicted molar refractivity (Wildman–Crippen MR) is 139 cm³/mol. The monoisotopic (exact) mass is 470 g/mol. The Morgan fingerprint density at radius 1 is 0.818 bits per heavy atom. The average molecular weight is 471 g/mol. The van der Waals surface area contributed by atoms with Crippen LogP contribution in [0.1, 0.15) is 63.5 Å². The molecule has 0 aliphatic heterocycles. The zero-order valence-electron chi connectivity index (χ0n) is 19.8. The number of hydrogen-bond donors (Lipinski definition) is 4. The van der Waals surface area contributed by atoms with Gasteiger partial charge in [-0.15, -0.1) is 0 Å². The Morgan fingerprint density at radius 3 is 1.79 bits per heavy atom. The third-order valence-electron chi connectivity index (χ3n) is 6.53. The van der Waals surface area contributed by atoms with Crippen LogP contribution >= 0.6 is 12.2 Å². The van der Waals surface area contributed by atoms with E-state index in [1.807, 2.05) is 48.5 Å². The van der Waals surface area contributed by atoms with Crippen molar-refractivity contribution in [3.63, 3.8) is 0 Å². The molecule has 0 radical (unpaired) electrons. The average Bonchev–Trinajstić information content (AvgIpc) is 2.84. The summed E-state index contributed by atoms with van der Waals surface area (Å²) in [5.41, 5.74) is 0.920. The Bertz CT molecular complexity index is 862. The van der Waals surface area contributed by atoms with E-state index in [0.717, 1.165) is 44.2 Å². The lowest BCUT2D eigenvalue weighted by atomic mass is 9.78. The van der Waals surface area contributed by atoms with Crippen LogP contribution in [0.4, 0.5) is 0 Å². The van der Waals surface area contributed by atoms with Crippen molar-refractivity contribution in [3.8, 4) is 0 Å². The first kappa shape index (κ1) is 26.8. The second kappa shape index (κ2) is 13.3. The molecule has 0 aliphatic rings. The smallest absolute Gasteiger partial charge is 0.313 e. The molecule has 0 bridgehead atoms. The molecule has 0 aliphatic carbocycles. The molecule has 2 aromatic rings. The number of carboxylic acid groups (broad SMARTS) is 1. The molecule has 0 heterocycles. The summed E-state index contributed by atoms with van der Waals surface area (Å²) in [4.78, 5) is 11.9. The summed E-state index contributed by atoms with van der Waals surface area (Å²) in [5, 5.41) is 26.7. The van der Waals surface area contributed by atoms with Crippen LogP contribution in [0.5, 0.6) is 0 Å². The molecule has 5 nitrogen and oxygen atoms in total. The van der Waals surface area contributed by atoms with Crippen LogP contribution in [0.25, 0.3) is 0 Å². The molecule has 2 unspecified atom stereocenters. The molecule has 0 amide bonds. The minimum atomic E-state index is -0.872. The quantitative estimate of drug-likeness (QED) is 0.235. The summed E-state index contributed by atoms with van der Waals surface area (Å²) in [6.07, 6.45) is 5.11. The zero-order valence-corrected chi connectivity index (χ0v) is 20.7. The van der Waals surface area contributed by atoms with Crippen molar-refractivity contribution >= 4 is 23.3 Å². The number of hydrogen-bond acceptors (Lipinski definition) is 3. The van der Waals surface area contributed by atoms with Gasteiger partial charge in [0.25, 0.3) is 0 Å². The molecule has 0 aromatic heterocycles. The largest absolute Gasteiger partial charge is 0.481 e. The number of rotatable bonds is 14. The molecule has 0 fully saturated rings. The van der Waals surface area contributed by atoms with Gasteiger partial charge in [0.1, 0.15) is 0 Å². The van der Waals surface area contributed by atoms with Crippen molar-refractivity contribution in [2.75, 3.05) is 19.7 Å². The number of aliphatic hydroxyl groups excluding tert-OH is 1. The van der Waals surface area contributed by atoms with E-state index in [0.29, 0.717) is 18.1 Å². The van der Waals surface area contributed by atoms with Crippen molar-refractivity contribution in [2.24, 2.45) is 0 Å². The molecule has 2 rings (SSSR count). The Hall–Kier alpha value is -2.44. The van der Waals surface area contributed by atoms with Gasteiger partial charge in [-0.25, -0.2) is 0 Å². The Kier molecular flexibility index (Phi) is 10.8. The van der Waals surface area contributed by atoms with Gasteiger partial charge in [-0.3, -0.25) is 4.79 Å². The van der Waals surface area contributed by atoms with E-state index in [1.165, 1.54) is 5.56 Å². The van der Waals surface area contributed by atoms with Gasteiger partial charge in [0.15, 0.2) is 5.11 Å². The lowest BCUT2D eigenvalue weighted by molar-refractivity contribution is -0.143. The van der Waals surface area contributed by atoms with E-state index < -0.39 is 11.4 Å². The first-order valence-electron chi connectivity index (χ1n) is 11.8. The predicted octanol–water partition coefficient (Wildman–Crippen LogP) is 4.78. The van der Waals surface area contributed by atoms with E-state index in [-0.39, 0.29) is 12.0 Å². The van der Waals surface area contributed by atoms with Gasteiger partial charge < -0.3 is 20.8 Å². The molecule has 6 heteroatoms. The highest BCUT2D eigenvalue weighted by Gasteiger charge is 2.34. The number of unbranched alkanes of at least 4 members (excludes halogenated alkanes) is 2.